The van der Waals surface area contributed by atoms with E-state index < -0.39 is 29.0 Å². The summed E-state index contributed by atoms with van der Waals surface area (Å²) in [5, 5.41) is 5.22. The molecule has 0 aliphatic heterocycles. The molecule has 0 saturated carbocycles. The average Bonchev–Trinajstić information content (AvgIpc) is 2.65. The Hall–Kier alpha value is -3.42. The van der Waals surface area contributed by atoms with Gasteiger partial charge in [-0.05, 0) is 37.6 Å². The van der Waals surface area contributed by atoms with Gasteiger partial charge in [0.1, 0.15) is 11.5 Å². The lowest BCUT2D eigenvalue weighted by molar-refractivity contribution is 0.102. The molecule has 1 heterocycles. The molecule has 0 saturated heterocycles. The number of nitrogens with one attached hydrogen (secondary N) is 2. The number of rotatable bonds is 4. The smallest absolute Gasteiger partial charge is 0.275 e. The number of nitrogens with zero attached hydrogens (tertiary/aromatic N) is 2. The molecule has 5 nitrogen and oxygen atoms in total. The van der Waals surface area contributed by atoms with E-state index in [1.54, 1.807) is 0 Å². The minimum absolute atomic E-state index is 0.106. The fourth-order valence-corrected chi connectivity index (χ4v) is 2.41. The highest BCUT2D eigenvalue weighted by atomic mass is 19.2. The van der Waals surface area contributed by atoms with E-state index in [1.165, 1.54) is 12.4 Å². The molecule has 0 bridgehead atoms. The van der Waals surface area contributed by atoms with Gasteiger partial charge in [0.15, 0.2) is 17.5 Å². The van der Waals surface area contributed by atoms with Crippen molar-refractivity contribution in [3.8, 4) is 0 Å². The molecule has 8 heteroatoms. The molecule has 0 aliphatic carbocycles. The fraction of sp³-hybridized carbons (Fsp3) is 0.105. The van der Waals surface area contributed by atoms with Crippen molar-refractivity contribution in [1.82, 2.24) is 9.97 Å². The van der Waals surface area contributed by atoms with Crippen molar-refractivity contribution < 1.29 is 18.0 Å². The van der Waals surface area contributed by atoms with Crippen molar-refractivity contribution in [3.63, 3.8) is 0 Å². The van der Waals surface area contributed by atoms with Gasteiger partial charge in [-0.2, -0.15) is 0 Å². The summed E-state index contributed by atoms with van der Waals surface area (Å²) in [6, 6.07) is 7.50. The van der Waals surface area contributed by atoms with Crippen LogP contribution in [0.4, 0.5) is 30.4 Å². The standard InChI is InChI=1S/C19H15F3N4O/c1-10-3-5-13(11(2)7-10)25-16-9-23-15(8-24-16)19(27)26-14-6-4-12(20)17(21)18(14)22/h3-9H,1-2H3,(H,24,25)(H,26,27). The zero-order valence-corrected chi connectivity index (χ0v) is 14.5. The van der Waals surface area contributed by atoms with E-state index in [1.807, 2.05) is 32.0 Å². The van der Waals surface area contributed by atoms with Crippen LogP contribution in [-0.2, 0) is 0 Å². The van der Waals surface area contributed by atoms with Gasteiger partial charge < -0.3 is 10.6 Å². The van der Waals surface area contributed by atoms with Crippen LogP contribution in [0.2, 0.25) is 0 Å². The van der Waals surface area contributed by atoms with E-state index in [4.69, 9.17) is 0 Å². The Morgan fingerprint density at radius 1 is 0.926 bits per heavy atom. The zero-order valence-electron chi connectivity index (χ0n) is 14.5. The molecular weight excluding hydrogens is 357 g/mol. The predicted octanol–water partition coefficient (Wildman–Crippen LogP) is 4.51. The van der Waals surface area contributed by atoms with Crippen molar-refractivity contribution in [2.24, 2.45) is 0 Å². The first-order valence-corrected chi connectivity index (χ1v) is 7.96. The van der Waals surface area contributed by atoms with Crippen LogP contribution < -0.4 is 10.6 Å². The molecular formula is C19H15F3N4O. The SMILES string of the molecule is Cc1ccc(Nc2cnc(C(=O)Nc3ccc(F)c(F)c3F)cn2)c(C)c1. The Balaban J connectivity index is 1.73. The van der Waals surface area contributed by atoms with Crippen LogP contribution in [-0.4, -0.2) is 15.9 Å². The van der Waals surface area contributed by atoms with Crippen molar-refractivity contribution in [2.45, 2.75) is 13.8 Å². The minimum atomic E-state index is -1.66. The van der Waals surface area contributed by atoms with E-state index in [-0.39, 0.29) is 5.69 Å². The van der Waals surface area contributed by atoms with Gasteiger partial charge in [0.25, 0.3) is 5.91 Å². The second-order valence-electron chi connectivity index (χ2n) is 5.91. The number of benzene rings is 2. The van der Waals surface area contributed by atoms with Crippen LogP contribution in [0.5, 0.6) is 0 Å². The highest BCUT2D eigenvalue weighted by Crippen LogP contribution is 2.21. The first kappa shape index (κ1) is 18.4. The molecule has 0 aliphatic rings. The number of hydrogen-bond donors (Lipinski definition) is 2. The summed E-state index contributed by atoms with van der Waals surface area (Å²) >= 11 is 0. The molecule has 0 unspecified atom stereocenters. The Kier molecular flexibility index (Phi) is 5.07. The molecule has 27 heavy (non-hydrogen) atoms. The van der Waals surface area contributed by atoms with Crippen LogP contribution in [0.25, 0.3) is 0 Å². The number of aryl methyl sites for hydroxylation is 2. The highest BCUT2D eigenvalue weighted by molar-refractivity contribution is 6.02. The van der Waals surface area contributed by atoms with Gasteiger partial charge in [0.05, 0.1) is 18.1 Å². The Morgan fingerprint density at radius 2 is 1.67 bits per heavy atom. The summed E-state index contributed by atoms with van der Waals surface area (Å²) in [6.45, 7) is 3.93. The summed E-state index contributed by atoms with van der Waals surface area (Å²) in [7, 11) is 0. The molecule has 3 rings (SSSR count). The van der Waals surface area contributed by atoms with E-state index in [0.29, 0.717) is 5.82 Å². The second-order valence-corrected chi connectivity index (χ2v) is 5.91. The molecule has 1 amide bonds. The third kappa shape index (κ3) is 4.05. The largest absolute Gasteiger partial charge is 0.339 e. The monoisotopic (exact) mass is 372 g/mol. The molecule has 1 aromatic heterocycles. The van der Waals surface area contributed by atoms with Crippen LogP contribution in [0, 0.1) is 31.3 Å². The van der Waals surface area contributed by atoms with Crippen LogP contribution >= 0.6 is 0 Å². The predicted molar refractivity (Wildman–Crippen MR) is 95.5 cm³/mol. The molecule has 0 atom stereocenters. The number of carbonyl (C=O) groups is 1. The Bertz CT molecular complexity index is 1010. The van der Waals surface area contributed by atoms with Gasteiger partial charge in [-0.15, -0.1) is 0 Å². The Morgan fingerprint density at radius 3 is 2.33 bits per heavy atom. The van der Waals surface area contributed by atoms with Crippen molar-refractivity contribution in [2.75, 3.05) is 10.6 Å². The van der Waals surface area contributed by atoms with E-state index in [0.717, 1.165) is 28.9 Å². The summed E-state index contributed by atoms with van der Waals surface area (Å²) in [4.78, 5) is 20.2. The normalized spacial score (nSPS) is 10.6. The maximum atomic E-state index is 13.6. The van der Waals surface area contributed by atoms with Gasteiger partial charge in [-0.1, -0.05) is 17.7 Å². The highest BCUT2D eigenvalue weighted by Gasteiger charge is 2.17. The van der Waals surface area contributed by atoms with Gasteiger partial charge in [0.2, 0.25) is 0 Å². The maximum Gasteiger partial charge on any atom is 0.275 e. The number of hydrogen-bond acceptors (Lipinski definition) is 4. The van der Waals surface area contributed by atoms with Gasteiger partial charge >= 0.3 is 0 Å². The van der Waals surface area contributed by atoms with Crippen molar-refractivity contribution in [3.05, 3.63) is 77.0 Å². The first-order chi connectivity index (χ1) is 12.8. The lowest BCUT2D eigenvalue weighted by Gasteiger charge is -2.10. The number of halogens is 3. The lowest BCUT2D eigenvalue weighted by Crippen LogP contribution is -2.16. The summed E-state index contributed by atoms with van der Waals surface area (Å²) in [6.07, 6.45) is 2.54. The summed E-state index contributed by atoms with van der Waals surface area (Å²) < 4.78 is 39.8. The molecule has 0 spiro atoms. The van der Waals surface area contributed by atoms with E-state index >= 15 is 0 Å². The fourth-order valence-electron chi connectivity index (χ4n) is 2.41. The lowest BCUT2D eigenvalue weighted by atomic mass is 10.1. The van der Waals surface area contributed by atoms with E-state index in [2.05, 4.69) is 20.6 Å². The minimum Gasteiger partial charge on any atom is -0.339 e. The van der Waals surface area contributed by atoms with Crippen LogP contribution in [0.3, 0.4) is 0 Å². The molecule has 3 aromatic rings. The summed E-state index contributed by atoms with van der Waals surface area (Å²) in [5.74, 6) is -4.87. The third-order valence-electron chi connectivity index (χ3n) is 3.81. The zero-order chi connectivity index (χ0) is 19.6. The number of anilines is 3. The van der Waals surface area contributed by atoms with Gasteiger partial charge in [-0.25, -0.2) is 23.1 Å². The van der Waals surface area contributed by atoms with Crippen LogP contribution in [0.1, 0.15) is 21.6 Å². The molecule has 0 radical (unpaired) electrons. The average molecular weight is 372 g/mol. The van der Waals surface area contributed by atoms with Gasteiger partial charge in [-0.3, -0.25) is 4.79 Å². The molecule has 0 fully saturated rings. The molecule has 2 aromatic carbocycles. The van der Waals surface area contributed by atoms with Crippen molar-refractivity contribution >= 4 is 23.1 Å². The first-order valence-electron chi connectivity index (χ1n) is 7.96. The summed E-state index contributed by atoms with van der Waals surface area (Å²) in [5.41, 5.74) is 2.40. The topological polar surface area (TPSA) is 66.9 Å². The van der Waals surface area contributed by atoms with Gasteiger partial charge in [0, 0.05) is 5.69 Å². The number of carbonyl (C=O) groups excluding carboxylic acids is 1. The van der Waals surface area contributed by atoms with Crippen molar-refractivity contribution in [1.29, 1.82) is 0 Å². The maximum absolute atomic E-state index is 13.6. The third-order valence-corrected chi connectivity index (χ3v) is 3.81. The van der Waals surface area contributed by atoms with E-state index in [9.17, 15) is 18.0 Å². The van der Waals surface area contributed by atoms with Crippen LogP contribution in [0.15, 0.2) is 42.7 Å². The quantitative estimate of drug-likeness (QED) is 0.662. The number of aromatic nitrogens is 2. The molecule has 138 valence electrons. The second kappa shape index (κ2) is 7.45. The Labute approximate surface area is 153 Å². The number of amides is 1. The molecule has 2 N–H and O–H groups in total.